The molecule has 0 radical (unpaired) electrons. The van der Waals surface area contributed by atoms with Gasteiger partial charge in [-0.25, -0.2) is 13.1 Å². The quantitative estimate of drug-likeness (QED) is 0.749. The molecule has 108 valence electrons. The molecular formula is C12H18BrNO3S2. The number of sulfonamides is 1. The van der Waals surface area contributed by atoms with Gasteiger partial charge in [-0.2, -0.15) is 0 Å². The maximum Gasteiger partial charge on any atom is 0.240 e. The van der Waals surface area contributed by atoms with Gasteiger partial charge in [0.1, 0.15) is 0 Å². The largest absolute Gasteiger partial charge is 0.260 e. The standard InChI is InChI=1S/C12H18BrNO3S2/c1-10(7-8-18(2)15)14-19(16,17)12-5-3-11(9-13)4-6-12/h3-6,10,14H,7-9H2,1-2H3. The molecule has 0 saturated heterocycles. The van der Waals surface area contributed by atoms with E-state index in [1.54, 1.807) is 37.4 Å². The first kappa shape index (κ1) is 16.8. The summed E-state index contributed by atoms with van der Waals surface area (Å²) in [7, 11) is -4.40. The fourth-order valence-electron chi connectivity index (χ4n) is 1.49. The zero-order valence-corrected chi connectivity index (χ0v) is 14.1. The van der Waals surface area contributed by atoms with E-state index in [1.807, 2.05) is 0 Å². The first-order valence-electron chi connectivity index (χ1n) is 5.82. The number of hydrogen-bond donors (Lipinski definition) is 1. The maximum atomic E-state index is 12.1. The molecule has 19 heavy (non-hydrogen) atoms. The summed E-state index contributed by atoms with van der Waals surface area (Å²) in [6, 6.07) is 6.49. The molecule has 0 aliphatic heterocycles. The van der Waals surface area contributed by atoms with E-state index in [0.29, 0.717) is 17.5 Å². The Balaban J connectivity index is 2.71. The molecule has 0 heterocycles. The summed E-state index contributed by atoms with van der Waals surface area (Å²) in [6.45, 7) is 1.78. The van der Waals surface area contributed by atoms with Crippen molar-refractivity contribution in [3.8, 4) is 0 Å². The molecule has 1 rings (SSSR count). The predicted octanol–water partition coefficient (Wildman–Crippen LogP) is 2.02. The predicted molar refractivity (Wildman–Crippen MR) is 82.4 cm³/mol. The lowest BCUT2D eigenvalue weighted by Crippen LogP contribution is -2.33. The lowest BCUT2D eigenvalue weighted by atomic mass is 10.2. The minimum atomic E-state index is -3.50. The first-order chi connectivity index (χ1) is 8.85. The molecule has 0 spiro atoms. The van der Waals surface area contributed by atoms with Gasteiger partial charge in [0.2, 0.25) is 10.0 Å². The highest BCUT2D eigenvalue weighted by atomic mass is 79.9. The van der Waals surface area contributed by atoms with E-state index in [-0.39, 0.29) is 10.9 Å². The normalized spacial score (nSPS) is 15.1. The zero-order valence-electron chi connectivity index (χ0n) is 10.9. The van der Waals surface area contributed by atoms with Crippen LogP contribution in [0.15, 0.2) is 29.2 Å². The van der Waals surface area contributed by atoms with Crippen LogP contribution in [0.4, 0.5) is 0 Å². The van der Waals surface area contributed by atoms with E-state index in [9.17, 15) is 12.6 Å². The average molecular weight is 368 g/mol. The van der Waals surface area contributed by atoms with E-state index >= 15 is 0 Å². The van der Waals surface area contributed by atoms with Crippen LogP contribution < -0.4 is 4.72 Å². The molecule has 0 bridgehead atoms. The van der Waals surface area contributed by atoms with Gasteiger partial charge in [0.15, 0.2) is 0 Å². The third kappa shape index (κ3) is 5.72. The van der Waals surface area contributed by atoms with Gasteiger partial charge in [-0.05, 0) is 31.0 Å². The molecule has 0 aliphatic carbocycles. The fraction of sp³-hybridized carbons (Fsp3) is 0.500. The summed E-state index contributed by atoms with van der Waals surface area (Å²) >= 11 is 3.31. The molecule has 1 N–H and O–H groups in total. The van der Waals surface area contributed by atoms with E-state index in [4.69, 9.17) is 0 Å². The molecule has 0 aromatic heterocycles. The van der Waals surface area contributed by atoms with E-state index in [1.165, 1.54) is 0 Å². The van der Waals surface area contributed by atoms with Crippen LogP contribution >= 0.6 is 15.9 Å². The van der Waals surface area contributed by atoms with Crippen molar-refractivity contribution in [2.24, 2.45) is 0 Å². The minimum absolute atomic E-state index is 0.232. The maximum absolute atomic E-state index is 12.1. The van der Waals surface area contributed by atoms with Gasteiger partial charge < -0.3 is 0 Å². The number of halogens is 1. The monoisotopic (exact) mass is 367 g/mol. The fourth-order valence-corrected chi connectivity index (χ4v) is 3.83. The Kier molecular flexibility index (Phi) is 6.65. The highest BCUT2D eigenvalue weighted by Crippen LogP contribution is 2.13. The molecule has 0 saturated carbocycles. The summed E-state index contributed by atoms with van der Waals surface area (Å²) in [5.41, 5.74) is 1.02. The van der Waals surface area contributed by atoms with Crippen LogP contribution in [0.1, 0.15) is 18.9 Å². The van der Waals surface area contributed by atoms with Gasteiger partial charge in [0.25, 0.3) is 0 Å². The van der Waals surface area contributed by atoms with Crippen LogP contribution in [0.3, 0.4) is 0 Å². The highest BCUT2D eigenvalue weighted by Gasteiger charge is 2.17. The molecule has 4 nitrogen and oxygen atoms in total. The van der Waals surface area contributed by atoms with Crippen molar-refractivity contribution in [2.75, 3.05) is 12.0 Å². The second-order valence-corrected chi connectivity index (χ2v) is 8.20. The average Bonchev–Trinajstić information content (AvgIpc) is 2.36. The van der Waals surface area contributed by atoms with Gasteiger partial charge in [-0.3, -0.25) is 4.21 Å². The van der Waals surface area contributed by atoms with Crippen molar-refractivity contribution in [2.45, 2.75) is 29.6 Å². The van der Waals surface area contributed by atoms with E-state index < -0.39 is 20.8 Å². The van der Waals surface area contributed by atoms with Crippen molar-refractivity contribution in [3.05, 3.63) is 29.8 Å². The summed E-state index contributed by atoms with van der Waals surface area (Å²) in [6.07, 6.45) is 2.17. The SMILES string of the molecule is CC(CCS(C)=O)NS(=O)(=O)c1ccc(CBr)cc1. The lowest BCUT2D eigenvalue weighted by molar-refractivity contribution is 0.556. The number of hydrogen-bond acceptors (Lipinski definition) is 3. The second-order valence-electron chi connectivity index (χ2n) is 4.37. The Labute approximate surface area is 125 Å². The number of rotatable bonds is 7. The third-order valence-electron chi connectivity index (χ3n) is 2.58. The van der Waals surface area contributed by atoms with Gasteiger partial charge in [0.05, 0.1) is 4.90 Å². The summed E-state index contributed by atoms with van der Waals surface area (Å²) in [5, 5.41) is 0.694. The zero-order chi connectivity index (χ0) is 14.5. The minimum Gasteiger partial charge on any atom is -0.260 e. The van der Waals surface area contributed by atoms with Crippen molar-refractivity contribution < 1.29 is 12.6 Å². The van der Waals surface area contributed by atoms with Crippen molar-refractivity contribution >= 4 is 36.8 Å². The first-order valence-corrected chi connectivity index (χ1v) is 10.2. The molecule has 1 aromatic carbocycles. The Hall–Kier alpha value is -0.240. The Morgan fingerprint density at radius 2 is 1.89 bits per heavy atom. The van der Waals surface area contributed by atoms with E-state index in [0.717, 1.165) is 5.56 Å². The van der Waals surface area contributed by atoms with Crippen molar-refractivity contribution in [3.63, 3.8) is 0 Å². The summed E-state index contributed by atoms with van der Waals surface area (Å²) < 4.78 is 37.8. The second kappa shape index (κ2) is 7.52. The van der Waals surface area contributed by atoms with Crippen LogP contribution in [-0.4, -0.2) is 30.7 Å². The topological polar surface area (TPSA) is 63.2 Å². The molecule has 0 fully saturated rings. The van der Waals surface area contributed by atoms with Crippen molar-refractivity contribution in [1.82, 2.24) is 4.72 Å². The smallest absolute Gasteiger partial charge is 0.240 e. The number of nitrogens with one attached hydrogen (secondary N) is 1. The Morgan fingerprint density at radius 3 is 2.37 bits per heavy atom. The Bertz CT molecular complexity index is 528. The molecule has 1 aromatic rings. The summed E-state index contributed by atoms with van der Waals surface area (Å²) in [5.74, 6) is 0.492. The van der Waals surface area contributed by atoms with Gasteiger partial charge >= 0.3 is 0 Å². The van der Waals surface area contributed by atoms with Crippen LogP contribution in [0, 0.1) is 0 Å². The molecule has 2 atom stereocenters. The molecule has 2 unspecified atom stereocenters. The third-order valence-corrected chi connectivity index (χ3v) is 5.65. The van der Waals surface area contributed by atoms with Crippen molar-refractivity contribution in [1.29, 1.82) is 0 Å². The molecule has 0 amide bonds. The summed E-state index contributed by atoms with van der Waals surface area (Å²) in [4.78, 5) is 0.252. The van der Waals surface area contributed by atoms with Crippen LogP contribution in [0.2, 0.25) is 0 Å². The van der Waals surface area contributed by atoms with Crippen LogP contribution in [0.5, 0.6) is 0 Å². The molecule has 7 heteroatoms. The number of benzene rings is 1. The highest BCUT2D eigenvalue weighted by molar-refractivity contribution is 9.08. The number of alkyl halides is 1. The van der Waals surface area contributed by atoms with Crippen LogP contribution in [0.25, 0.3) is 0 Å². The van der Waals surface area contributed by atoms with Gasteiger partial charge in [-0.1, -0.05) is 28.1 Å². The van der Waals surface area contributed by atoms with E-state index in [2.05, 4.69) is 20.7 Å². The molecule has 0 aliphatic rings. The Morgan fingerprint density at radius 1 is 1.32 bits per heavy atom. The van der Waals surface area contributed by atoms with Crippen LogP contribution in [-0.2, 0) is 26.2 Å². The lowest BCUT2D eigenvalue weighted by Gasteiger charge is -2.13. The van der Waals surface area contributed by atoms with Gasteiger partial charge in [-0.15, -0.1) is 0 Å². The van der Waals surface area contributed by atoms with Gasteiger partial charge in [0, 0.05) is 34.2 Å². The molecular weight excluding hydrogens is 350 g/mol.